The maximum absolute atomic E-state index is 11.7. The molecule has 1 N–H and O–H groups in total. The van der Waals surface area contributed by atoms with Gasteiger partial charge in [-0.3, -0.25) is 4.79 Å². The lowest BCUT2D eigenvalue weighted by molar-refractivity contribution is -0.123. The molecule has 2 atom stereocenters. The number of carbonyl (C=O) groups excluding carboxylic acids is 1. The molecule has 6 heteroatoms. The fraction of sp³-hybridized carbons (Fsp3) is 0.750. The van der Waals surface area contributed by atoms with Crippen molar-refractivity contribution < 1.29 is 14.1 Å². The number of epoxide rings is 1. The zero-order chi connectivity index (χ0) is 12.7. The molecule has 1 saturated heterocycles. The average Bonchev–Trinajstić information content (AvgIpc) is 3.23. The van der Waals surface area contributed by atoms with Crippen molar-refractivity contribution in [3.8, 4) is 0 Å². The first-order chi connectivity index (χ1) is 8.65. The summed E-state index contributed by atoms with van der Waals surface area (Å²) in [5.74, 6) is 1.83. The zero-order valence-corrected chi connectivity index (χ0v) is 10.5. The molecule has 1 aliphatic carbocycles. The Balaban J connectivity index is 1.72. The molecule has 1 aromatic rings. The Kier molecular flexibility index (Phi) is 2.81. The summed E-state index contributed by atoms with van der Waals surface area (Å²) in [6, 6.07) is -0.235. The van der Waals surface area contributed by atoms with Gasteiger partial charge in [0, 0.05) is 5.92 Å². The normalized spacial score (nSPS) is 24.1. The molecule has 2 fully saturated rings. The van der Waals surface area contributed by atoms with E-state index in [-0.39, 0.29) is 24.0 Å². The minimum absolute atomic E-state index is 0.0973. The minimum atomic E-state index is -0.294. The highest BCUT2D eigenvalue weighted by molar-refractivity contribution is 5.83. The fourth-order valence-corrected chi connectivity index (χ4v) is 1.84. The van der Waals surface area contributed by atoms with Gasteiger partial charge >= 0.3 is 0 Å². The number of aromatic nitrogens is 2. The first kappa shape index (κ1) is 11.6. The van der Waals surface area contributed by atoms with Gasteiger partial charge in [-0.05, 0) is 18.8 Å². The van der Waals surface area contributed by atoms with Gasteiger partial charge in [0.1, 0.15) is 6.04 Å². The molecular formula is C12H17N3O3. The van der Waals surface area contributed by atoms with E-state index in [1.807, 2.05) is 13.8 Å². The van der Waals surface area contributed by atoms with Crippen LogP contribution in [0, 0.1) is 5.92 Å². The van der Waals surface area contributed by atoms with Gasteiger partial charge in [-0.25, -0.2) is 0 Å². The van der Waals surface area contributed by atoms with Crippen molar-refractivity contribution in [3.63, 3.8) is 0 Å². The number of hydrogen-bond donors (Lipinski definition) is 1. The van der Waals surface area contributed by atoms with E-state index in [4.69, 9.17) is 9.26 Å². The summed E-state index contributed by atoms with van der Waals surface area (Å²) < 4.78 is 10.2. The summed E-state index contributed by atoms with van der Waals surface area (Å²) in [5.41, 5.74) is 0. The molecule has 3 rings (SSSR count). The van der Waals surface area contributed by atoms with E-state index in [9.17, 15) is 4.79 Å². The first-order valence-corrected chi connectivity index (χ1v) is 6.40. The summed E-state index contributed by atoms with van der Waals surface area (Å²) in [6.07, 6.45) is 1.97. The van der Waals surface area contributed by atoms with E-state index in [1.165, 1.54) is 0 Å². The van der Waals surface area contributed by atoms with Gasteiger partial charge in [-0.2, -0.15) is 4.98 Å². The molecule has 0 spiro atoms. The second-order valence-corrected chi connectivity index (χ2v) is 5.32. The third-order valence-electron chi connectivity index (χ3n) is 3.26. The quantitative estimate of drug-likeness (QED) is 0.794. The van der Waals surface area contributed by atoms with Crippen LogP contribution in [0.4, 0.5) is 0 Å². The largest absolute Gasteiger partial charge is 0.363 e. The van der Waals surface area contributed by atoms with Gasteiger partial charge in [0.15, 0.2) is 11.9 Å². The van der Waals surface area contributed by atoms with Gasteiger partial charge in [0.05, 0.1) is 6.61 Å². The number of hydrogen-bond acceptors (Lipinski definition) is 5. The van der Waals surface area contributed by atoms with E-state index in [0.29, 0.717) is 18.4 Å². The molecule has 6 nitrogen and oxygen atoms in total. The molecule has 0 radical (unpaired) electrons. The fourth-order valence-electron chi connectivity index (χ4n) is 1.84. The third-order valence-corrected chi connectivity index (χ3v) is 3.26. The Morgan fingerprint density at radius 1 is 1.44 bits per heavy atom. The van der Waals surface area contributed by atoms with Crippen LogP contribution >= 0.6 is 0 Å². The number of rotatable bonds is 5. The van der Waals surface area contributed by atoms with Gasteiger partial charge in [0.2, 0.25) is 5.89 Å². The third kappa shape index (κ3) is 2.38. The molecule has 1 saturated carbocycles. The van der Waals surface area contributed by atoms with Crippen LogP contribution in [0.3, 0.4) is 0 Å². The molecule has 1 amide bonds. The first-order valence-electron chi connectivity index (χ1n) is 6.40. The highest BCUT2D eigenvalue weighted by atomic mass is 16.6. The van der Waals surface area contributed by atoms with E-state index in [2.05, 4.69) is 15.5 Å². The average molecular weight is 251 g/mol. The van der Waals surface area contributed by atoms with Gasteiger partial charge < -0.3 is 14.6 Å². The van der Waals surface area contributed by atoms with Crippen LogP contribution in [0.5, 0.6) is 0 Å². The Morgan fingerprint density at radius 3 is 2.72 bits per heavy atom. The van der Waals surface area contributed by atoms with Gasteiger partial charge in [0.25, 0.3) is 5.91 Å². The van der Waals surface area contributed by atoms with Crippen LogP contribution in [-0.2, 0) is 9.53 Å². The van der Waals surface area contributed by atoms with E-state index >= 15 is 0 Å². The van der Waals surface area contributed by atoms with Gasteiger partial charge in [-0.1, -0.05) is 19.0 Å². The van der Waals surface area contributed by atoms with Crippen LogP contribution in [-0.4, -0.2) is 28.8 Å². The van der Waals surface area contributed by atoms with E-state index in [1.54, 1.807) is 0 Å². The SMILES string of the molecule is CC(C)C(NC(=O)C1CO1)c1nc(C2CC2)no1. The van der Waals surface area contributed by atoms with Crippen molar-refractivity contribution >= 4 is 5.91 Å². The number of ether oxygens (including phenoxy) is 1. The van der Waals surface area contributed by atoms with Crippen molar-refractivity contribution in [2.24, 2.45) is 5.92 Å². The van der Waals surface area contributed by atoms with Crippen LogP contribution in [0.1, 0.15) is 50.4 Å². The predicted octanol–water partition coefficient (Wildman–Crippen LogP) is 1.16. The molecule has 0 aromatic carbocycles. The van der Waals surface area contributed by atoms with Crippen molar-refractivity contribution in [2.45, 2.75) is 44.8 Å². The van der Waals surface area contributed by atoms with E-state index < -0.39 is 0 Å². The molecular weight excluding hydrogens is 234 g/mol. The van der Waals surface area contributed by atoms with Crippen LogP contribution < -0.4 is 5.32 Å². The summed E-state index contributed by atoms with van der Waals surface area (Å²) in [4.78, 5) is 16.1. The number of nitrogens with zero attached hydrogens (tertiary/aromatic N) is 2. The molecule has 2 aliphatic rings. The number of nitrogens with one attached hydrogen (secondary N) is 1. The molecule has 1 aliphatic heterocycles. The van der Waals surface area contributed by atoms with Crippen molar-refractivity contribution in [3.05, 3.63) is 11.7 Å². The van der Waals surface area contributed by atoms with Crippen LogP contribution in [0.25, 0.3) is 0 Å². The standard InChI is InChI=1S/C12H17N3O3/c1-6(2)9(13-11(16)8-5-17-8)12-14-10(15-18-12)7-3-4-7/h6-9H,3-5H2,1-2H3,(H,13,16). The second kappa shape index (κ2) is 4.35. The predicted molar refractivity (Wildman–Crippen MR) is 61.7 cm³/mol. The zero-order valence-electron chi connectivity index (χ0n) is 10.5. The summed E-state index contributed by atoms with van der Waals surface area (Å²) in [6.45, 7) is 4.53. The Bertz CT molecular complexity index is 449. The molecule has 0 bridgehead atoms. The number of amides is 1. The molecule has 98 valence electrons. The molecule has 2 unspecified atom stereocenters. The summed E-state index contributed by atoms with van der Waals surface area (Å²) in [7, 11) is 0. The monoisotopic (exact) mass is 251 g/mol. The van der Waals surface area contributed by atoms with Gasteiger partial charge in [-0.15, -0.1) is 0 Å². The number of carbonyl (C=O) groups is 1. The topological polar surface area (TPSA) is 80.5 Å². The van der Waals surface area contributed by atoms with Crippen molar-refractivity contribution in [1.82, 2.24) is 15.5 Å². The Labute approximate surface area is 105 Å². The smallest absolute Gasteiger partial charge is 0.252 e. The second-order valence-electron chi connectivity index (χ2n) is 5.32. The maximum Gasteiger partial charge on any atom is 0.252 e. The molecule has 1 aromatic heterocycles. The Hall–Kier alpha value is -1.43. The summed E-state index contributed by atoms with van der Waals surface area (Å²) in [5, 5.41) is 6.89. The van der Waals surface area contributed by atoms with Crippen LogP contribution in [0.2, 0.25) is 0 Å². The highest BCUT2D eigenvalue weighted by Gasteiger charge is 2.36. The lowest BCUT2D eigenvalue weighted by Gasteiger charge is -2.17. The lowest BCUT2D eigenvalue weighted by Crippen LogP contribution is -2.35. The molecule has 2 heterocycles. The van der Waals surface area contributed by atoms with Crippen molar-refractivity contribution in [1.29, 1.82) is 0 Å². The Morgan fingerprint density at radius 2 is 2.17 bits per heavy atom. The maximum atomic E-state index is 11.7. The van der Waals surface area contributed by atoms with E-state index in [0.717, 1.165) is 18.7 Å². The highest BCUT2D eigenvalue weighted by Crippen LogP contribution is 2.38. The summed E-state index contributed by atoms with van der Waals surface area (Å²) >= 11 is 0. The lowest BCUT2D eigenvalue weighted by atomic mass is 10.0. The van der Waals surface area contributed by atoms with Crippen LogP contribution in [0.15, 0.2) is 4.52 Å². The minimum Gasteiger partial charge on any atom is -0.363 e. The van der Waals surface area contributed by atoms with Crippen molar-refractivity contribution in [2.75, 3.05) is 6.61 Å². The molecule has 18 heavy (non-hydrogen) atoms.